The van der Waals surface area contributed by atoms with Gasteiger partial charge in [-0.15, -0.1) is 11.6 Å². The average Bonchev–Trinajstić information content (AvgIpc) is 2.37. The first-order valence-electron chi connectivity index (χ1n) is 6.67. The molecular weight excluding hydrogens is 281 g/mol. The molecule has 0 saturated heterocycles. The van der Waals surface area contributed by atoms with Crippen LogP contribution < -0.4 is 0 Å². The van der Waals surface area contributed by atoms with Crippen molar-refractivity contribution in [1.82, 2.24) is 4.90 Å². The Bertz CT molecular complexity index is 410. The first-order valence-corrected chi connectivity index (χ1v) is 7.58. The highest BCUT2D eigenvalue weighted by atomic mass is 35.5. The highest BCUT2D eigenvalue weighted by molar-refractivity contribution is 6.31. The van der Waals surface area contributed by atoms with Gasteiger partial charge in [-0.2, -0.15) is 0 Å². The molecule has 0 aliphatic heterocycles. The Kier molecular flexibility index (Phi) is 6.67. The monoisotopic (exact) mass is 301 g/mol. The summed E-state index contributed by atoms with van der Waals surface area (Å²) < 4.78 is 0. The van der Waals surface area contributed by atoms with Gasteiger partial charge in [0.2, 0.25) is 0 Å². The third kappa shape index (κ3) is 4.39. The summed E-state index contributed by atoms with van der Waals surface area (Å²) in [6.45, 7) is 6.68. The third-order valence-electron chi connectivity index (χ3n) is 3.26. The van der Waals surface area contributed by atoms with Crippen molar-refractivity contribution >= 4 is 29.1 Å². The molecule has 0 fully saturated rings. The van der Waals surface area contributed by atoms with Crippen LogP contribution in [0.15, 0.2) is 18.2 Å². The predicted molar refractivity (Wildman–Crippen MR) is 82.3 cm³/mol. The molecule has 1 rings (SSSR count). The molecule has 19 heavy (non-hydrogen) atoms. The molecule has 1 aromatic carbocycles. The molecule has 1 aromatic rings. The smallest absolute Gasteiger partial charge is 0.254 e. The van der Waals surface area contributed by atoms with Crippen molar-refractivity contribution in [2.75, 3.05) is 12.4 Å². The number of aryl methyl sites for hydroxylation is 1. The lowest BCUT2D eigenvalue weighted by atomic mass is 10.1. The lowest BCUT2D eigenvalue weighted by molar-refractivity contribution is 0.0681. The number of carbonyl (C=O) groups excluding carboxylic acids is 1. The van der Waals surface area contributed by atoms with Gasteiger partial charge in [-0.05, 0) is 43.5 Å². The summed E-state index contributed by atoms with van der Waals surface area (Å²) in [5, 5.41) is 0.596. The molecular formula is C15H21Cl2NO. The summed E-state index contributed by atoms with van der Waals surface area (Å²) in [6.07, 6.45) is 1.86. The normalized spacial score (nSPS) is 10.8. The molecule has 0 aliphatic rings. The second-order valence-corrected chi connectivity index (χ2v) is 5.49. The van der Waals surface area contributed by atoms with E-state index in [0.29, 0.717) is 23.0 Å². The lowest BCUT2D eigenvalue weighted by Crippen LogP contribution is -2.41. The number of alkyl halides is 1. The molecule has 0 aromatic heterocycles. The van der Waals surface area contributed by atoms with E-state index in [2.05, 4.69) is 13.8 Å². The van der Waals surface area contributed by atoms with E-state index in [0.717, 1.165) is 18.4 Å². The largest absolute Gasteiger partial charge is 0.334 e. The Hall–Kier alpha value is -0.730. The molecule has 0 radical (unpaired) electrons. The minimum absolute atomic E-state index is 0.0138. The Morgan fingerprint density at radius 1 is 1.26 bits per heavy atom. The zero-order valence-electron chi connectivity index (χ0n) is 11.7. The van der Waals surface area contributed by atoms with E-state index in [-0.39, 0.29) is 11.9 Å². The van der Waals surface area contributed by atoms with E-state index < -0.39 is 0 Å². The van der Waals surface area contributed by atoms with Crippen LogP contribution in [0.4, 0.5) is 0 Å². The molecule has 0 bridgehead atoms. The number of halogens is 2. The van der Waals surface area contributed by atoms with Crippen molar-refractivity contribution in [3.63, 3.8) is 0 Å². The van der Waals surface area contributed by atoms with Gasteiger partial charge < -0.3 is 4.90 Å². The van der Waals surface area contributed by atoms with Gasteiger partial charge in [0.25, 0.3) is 5.91 Å². The van der Waals surface area contributed by atoms with Crippen molar-refractivity contribution in [3.05, 3.63) is 34.3 Å². The fraction of sp³-hybridized carbons (Fsp3) is 0.533. The van der Waals surface area contributed by atoms with Crippen molar-refractivity contribution in [3.8, 4) is 0 Å². The van der Waals surface area contributed by atoms with E-state index in [1.165, 1.54) is 0 Å². The molecule has 0 spiro atoms. The first kappa shape index (κ1) is 16.3. The zero-order valence-corrected chi connectivity index (χ0v) is 13.3. The Labute approximate surface area is 125 Å². The number of carbonyl (C=O) groups is 1. The molecule has 0 atom stereocenters. The summed E-state index contributed by atoms with van der Waals surface area (Å²) in [6, 6.07) is 5.67. The van der Waals surface area contributed by atoms with Crippen molar-refractivity contribution in [2.24, 2.45) is 0 Å². The summed E-state index contributed by atoms with van der Waals surface area (Å²) in [7, 11) is 0. The van der Waals surface area contributed by atoms with Crippen LogP contribution in [-0.2, 0) is 0 Å². The summed E-state index contributed by atoms with van der Waals surface area (Å²) in [5.41, 5.74) is 1.63. The van der Waals surface area contributed by atoms with Gasteiger partial charge >= 0.3 is 0 Å². The molecule has 106 valence electrons. The maximum atomic E-state index is 12.6. The zero-order chi connectivity index (χ0) is 14.4. The molecule has 0 saturated carbocycles. The molecule has 0 unspecified atom stereocenters. The van der Waals surface area contributed by atoms with Crippen LogP contribution in [0.1, 0.15) is 42.6 Å². The van der Waals surface area contributed by atoms with E-state index in [4.69, 9.17) is 23.2 Å². The fourth-order valence-electron chi connectivity index (χ4n) is 2.30. The van der Waals surface area contributed by atoms with Crippen LogP contribution >= 0.6 is 23.2 Å². The molecule has 4 heteroatoms. The fourth-order valence-corrected chi connectivity index (χ4v) is 2.77. The van der Waals surface area contributed by atoms with Gasteiger partial charge in [0.05, 0.1) is 0 Å². The van der Waals surface area contributed by atoms with Crippen LogP contribution in [0.5, 0.6) is 0 Å². The maximum Gasteiger partial charge on any atom is 0.254 e. The Morgan fingerprint density at radius 2 is 1.89 bits per heavy atom. The van der Waals surface area contributed by atoms with E-state index in [1.807, 2.05) is 24.0 Å². The predicted octanol–water partition coefficient (Wildman–Crippen LogP) is 4.52. The molecule has 2 nitrogen and oxygen atoms in total. The first-order chi connectivity index (χ1) is 9.03. The minimum atomic E-state index is 0.0138. The average molecular weight is 302 g/mol. The topological polar surface area (TPSA) is 20.3 Å². The quantitative estimate of drug-likeness (QED) is 0.708. The van der Waals surface area contributed by atoms with E-state index in [9.17, 15) is 4.79 Å². The van der Waals surface area contributed by atoms with Gasteiger partial charge in [0.15, 0.2) is 0 Å². The van der Waals surface area contributed by atoms with Crippen LogP contribution in [0, 0.1) is 6.92 Å². The van der Waals surface area contributed by atoms with Gasteiger partial charge in [0.1, 0.15) is 0 Å². The number of amides is 1. The lowest BCUT2D eigenvalue weighted by Gasteiger charge is -2.30. The number of benzene rings is 1. The third-order valence-corrected chi connectivity index (χ3v) is 3.65. The SMILES string of the molecule is CCC(CC)N(CCCl)C(=O)c1cc(C)cc(Cl)c1. The number of hydrogen-bond acceptors (Lipinski definition) is 1. The number of rotatable bonds is 6. The van der Waals surface area contributed by atoms with E-state index in [1.54, 1.807) is 6.07 Å². The van der Waals surface area contributed by atoms with Crippen molar-refractivity contribution in [1.29, 1.82) is 0 Å². The standard InChI is InChI=1S/C15H21Cl2NO/c1-4-14(5-2)18(7-6-16)15(19)12-8-11(3)9-13(17)10-12/h8-10,14H,4-7H2,1-3H3. The second-order valence-electron chi connectivity index (χ2n) is 4.68. The highest BCUT2D eigenvalue weighted by Gasteiger charge is 2.22. The van der Waals surface area contributed by atoms with Crippen LogP contribution in [0.2, 0.25) is 5.02 Å². The van der Waals surface area contributed by atoms with Crippen LogP contribution in [0.25, 0.3) is 0 Å². The molecule has 0 aliphatic carbocycles. The Balaban J connectivity index is 3.04. The number of hydrogen-bond donors (Lipinski definition) is 0. The summed E-state index contributed by atoms with van der Waals surface area (Å²) >= 11 is 11.9. The Morgan fingerprint density at radius 3 is 2.37 bits per heavy atom. The second kappa shape index (κ2) is 7.76. The van der Waals surface area contributed by atoms with Crippen molar-refractivity contribution in [2.45, 2.75) is 39.7 Å². The van der Waals surface area contributed by atoms with E-state index >= 15 is 0 Å². The van der Waals surface area contributed by atoms with Crippen LogP contribution in [-0.4, -0.2) is 29.3 Å². The van der Waals surface area contributed by atoms with Gasteiger partial charge in [-0.3, -0.25) is 4.79 Å². The van der Waals surface area contributed by atoms with Gasteiger partial charge in [-0.1, -0.05) is 25.4 Å². The molecule has 1 amide bonds. The minimum Gasteiger partial charge on any atom is -0.334 e. The highest BCUT2D eigenvalue weighted by Crippen LogP contribution is 2.19. The number of nitrogens with zero attached hydrogens (tertiary/aromatic N) is 1. The van der Waals surface area contributed by atoms with Gasteiger partial charge in [0, 0.05) is 29.1 Å². The molecule has 0 N–H and O–H groups in total. The maximum absolute atomic E-state index is 12.6. The van der Waals surface area contributed by atoms with Crippen LogP contribution in [0.3, 0.4) is 0 Å². The van der Waals surface area contributed by atoms with Crippen molar-refractivity contribution < 1.29 is 4.79 Å². The van der Waals surface area contributed by atoms with Gasteiger partial charge in [-0.25, -0.2) is 0 Å². The summed E-state index contributed by atoms with van der Waals surface area (Å²) in [4.78, 5) is 14.5. The summed E-state index contributed by atoms with van der Waals surface area (Å²) in [5.74, 6) is 0.460. The molecule has 0 heterocycles.